The van der Waals surface area contributed by atoms with Gasteiger partial charge in [-0.1, -0.05) is 34.1 Å². The van der Waals surface area contributed by atoms with Crippen molar-refractivity contribution in [1.29, 1.82) is 0 Å². The van der Waals surface area contributed by atoms with E-state index in [1.807, 2.05) is 44.2 Å². The molecule has 4 amide bonds. The van der Waals surface area contributed by atoms with Gasteiger partial charge in [0.2, 0.25) is 0 Å². The highest BCUT2D eigenvalue weighted by atomic mass is 127. The third-order valence-corrected chi connectivity index (χ3v) is 6.86. The molecule has 1 fully saturated rings. The molecule has 0 radical (unpaired) electrons. The number of imide groups is 2. The Morgan fingerprint density at radius 2 is 1.64 bits per heavy atom. The number of aryl methyl sites for hydroxylation is 2. The van der Waals surface area contributed by atoms with Gasteiger partial charge in [0, 0.05) is 8.04 Å². The van der Waals surface area contributed by atoms with Crippen molar-refractivity contribution in [2.75, 3.05) is 12.0 Å². The Balaban J connectivity index is 1.65. The summed E-state index contributed by atoms with van der Waals surface area (Å²) in [4.78, 5) is 39.4. The Morgan fingerprint density at radius 3 is 2.28 bits per heavy atom. The SMILES string of the molecule is COc1cc(/C=C2\C(=O)NC(=O)N(c3cc(C)cc(C)c3)C2=O)c(Br)cc1OCc1ccc(I)cc1. The number of hydrogen-bond acceptors (Lipinski definition) is 5. The number of nitrogens with one attached hydrogen (secondary N) is 1. The van der Waals surface area contributed by atoms with Crippen LogP contribution in [-0.2, 0) is 16.2 Å². The molecule has 0 unspecified atom stereocenters. The number of methoxy groups -OCH3 is 1. The van der Waals surface area contributed by atoms with E-state index in [1.54, 1.807) is 24.3 Å². The van der Waals surface area contributed by atoms with Crippen LogP contribution in [0.2, 0.25) is 0 Å². The molecule has 0 spiro atoms. The van der Waals surface area contributed by atoms with Crippen LogP contribution in [0.25, 0.3) is 6.08 Å². The van der Waals surface area contributed by atoms with Crippen LogP contribution >= 0.6 is 38.5 Å². The van der Waals surface area contributed by atoms with Gasteiger partial charge in [0.1, 0.15) is 12.2 Å². The molecule has 0 bridgehead atoms. The van der Waals surface area contributed by atoms with E-state index in [0.717, 1.165) is 25.2 Å². The molecular weight excluding hydrogens is 639 g/mol. The number of rotatable bonds is 6. The fourth-order valence-electron chi connectivity index (χ4n) is 3.80. The number of hydrogen-bond donors (Lipinski definition) is 1. The van der Waals surface area contributed by atoms with Crippen LogP contribution in [0.15, 0.2) is 64.6 Å². The van der Waals surface area contributed by atoms with E-state index in [0.29, 0.717) is 33.8 Å². The van der Waals surface area contributed by atoms with E-state index in [1.165, 1.54) is 13.2 Å². The second-order valence-corrected chi connectivity index (χ2v) is 10.3. The quantitative estimate of drug-likeness (QED) is 0.202. The summed E-state index contributed by atoms with van der Waals surface area (Å²) in [7, 11) is 1.51. The van der Waals surface area contributed by atoms with E-state index >= 15 is 0 Å². The normalized spacial score (nSPS) is 14.8. The molecule has 1 N–H and O–H groups in total. The first-order valence-corrected chi connectivity index (χ1v) is 12.8. The number of amides is 4. The Labute approximate surface area is 230 Å². The average molecular weight is 661 g/mol. The van der Waals surface area contributed by atoms with Crippen molar-refractivity contribution in [3.8, 4) is 11.5 Å². The van der Waals surface area contributed by atoms with Crippen molar-refractivity contribution in [3.63, 3.8) is 0 Å². The topological polar surface area (TPSA) is 84.9 Å². The molecule has 1 heterocycles. The number of halogens is 2. The molecule has 0 aromatic heterocycles. The molecule has 7 nitrogen and oxygen atoms in total. The number of carbonyl (C=O) groups excluding carboxylic acids is 3. The molecule has 9 heteroatoms. The maximum Gasteiger partial charge on any atom is 0.335 e. The summed E-state index contributed by atoms with van der Waals surface area (Å²) in [6.45, 7) is 4.08. The molecule has 0 atom stereocenters. The standard InChI is InChI=1S/C27H22BrIN2O5/c1-15-8-16(2)10-20(9-15)31-26(33)21(25(32)30-27(31)34)11-18-12-23(35-3)24(13-22(18)28)36-14-17-4-6-19(29)7-5-17/h4-13H,14H2,1-3H3,(H,30,32,34)/b21-11+. The van der Waals surface area contributed by atoms with Crippen molar-refractivity contribution in [1.82, 2.24) is 5.32 Å². The number of anilines is 1. The number of nitrogens with zero attached hydrogens (tertiary/aromatic N) is 1. The number of ether oxygens (including phenoxy) is 2. The van der Waals surface area contributed by atoms with Gasteiger partial charge in [0.05, 0.1) is 12.8 Å². The van der Waals surface area contributed by atoms with E-state index in [-0.39, 0.29) is 5.57 Å². The van der Waals surface area contributed by atoms with Gasteiger partial charge in [-0.3, -0.25) is 14.9 Å². The van der Waals surface area contributed by atoms with Crippen LogP contribution in [0.1, 0.15) is 22.3 Å². The van der Waals surface area contributed by atoms with E-state index in [4.69, 9.17) is 9.47 Å². The highest BCUT2D eigenvalue weighted by Gasteiger charge is 2.37. The lowest BCUT2D eigenvalue weighted by Gasteiger charge is -2.27. The minimum Gasteiger partial charge on any atom is -0.493 e. The third-order valence-electron chi connectivity index (χ3n) is 5.46. The predicted octanol–water partition coefficient (Wildman–Crippen LogP) is 5.92. The van der Waals surface area contributed by atoms with Gasteiger partial charge in [0.15, 0.2) is 11.5 Å². The molecule has 1 aliphatic heterocycles. The number of barbiturate groups is 1. The summed E-state index contributed by atoms with van der Waals surface area (Å²) >= 11 is 5.74. The molecule has 0 aliphatic carbocycles. The summed E-state index contributed by atoms with van der Waals surface area (Å²) in [5.41, 5.74) is 3.51. The molecule has 4 rings (SSSR count). The minimum atomic E-state index is -0.789. The second-order valence-electron chi connectivity index (χ2n) is 8.24. The summed E-state index contributed by atoms with van der Waals surface area (Å²) in [5.74, 6) is -0.549. The zero-order valence-corrected chi connectivity index (χ0v) is 23.5. The predicted molar refractivity (Wildman–Crippen MR) is 149 cm³/mol. The zero-order valence-electron chi connectivity index (χ0n) is 19.7. The molecule has 3 aromatic rings. The number of benzene rings is 3. The van der Waals surface area contributed by atoms with Crippen LogP contribution in [0.5, 0.6) is 11.5 Å². The maximum absolute atomic E-state index is 13.3. The van der Waals surface area contributed by atoms with Gasteiger partial charge >= 0.3 is 6.03 Å². The van der Waals surface area contributed by atoms with Crippen LogP contribution < -0.4 is 19.7 Å². The summed E-state index contributed by atoms with van der Waals surface area (Å²) in [6.07, 6.45) is 1.43. The first-order chi connectivity index (χ1) is 17.2. The van der Waals surface area contributed by atoms with Crippen molar-refractivity contribution in [2.24, 2.45) is 0 Å². The van der Waals surface area contributed by atoms with Crippen molar-refractivity contribution >= 4 is 68.1 Å². The van der Waals surface area contributed by atoms with E-state index in [9.17, 15) is 14.4 Å². The maximum atomic E-state index is 13.3. The van der Waals surface area contributed by atoms with E-state index in [2.05, 4.69) is 43.8 Å². The lowest BCUT2D eigenvalue weighted by Crippen LogP contribution is -2.54. The molecule has 3 aromatic carbocycles. The Morgan fingerprint density at radius 1 is 0.972 bits per heavy atom. The minimum absolute atomic E-state index is 0.177. The molecule has 0 saturated carbocycles. The Hall–Kier alpha value is -3.18. The van der Waals surface area contributed by atoms with Crippen molar-refractivity contribution in [2.45, 2.75) is 20.5 Å². The molecule has 1 aliphatic rings. The third kappa shape index (κ3) is 5.62. The smallest absolute Gasteiger partial charge is 0.335 e. The first kappa shape index (κ1) is 25.9. The van der Waals surface area contributed by atoms with Crippen LogP contribution in [0.4, 0.5) is 10.5 Å². The van der Waals surface area contributed by atoms with E-state index < -0.39 is 17.8 Å². The lowest BCUT2D eigenvalue weighted by atomic mass is 10.0. The van der Waals surface area contributed by atoms with Gasteiger partial charge in [-0.05, 0) is 101 Å². The van der Waals surface area contributed by atoms with Gasteiger partial charge < -0.3 is 9.47 Å². The molecule has 1 saturated heterocycles. The Bertz CT molecular complexity index is 1380. The average Bonchev–Trinajstić information content (AvgIpc) is 2.81. The summed E-state index contributed by atoms with van der Waals surface area (Å²) in [6, 6.07) is 15.9. The lowest BCUT2D eigenvalue weighted by molar-refractivity contribution is -0.122. The van der Waals surface area contributed by atoms with Crippen molar-refractivity contribution in [3.05, 3.63) is 90.5 Å². The first-order valence-electron chi connectivity index (χ1n) is 10.9. The Kier molecular flexibility index (Phi) is 7.79. The highest BCUT2D eigenvalue weighted by Crippen LogP contribution is 2.36. The van der Waals surface area contributed by atoms with Crippen molar-refractivity contribution < 1.29 is 23.9 Å². The fourth-order valence-corrected chi connectivity index (χ4v) is 4.60. The van der Waals surface area contributed by atoms with Gasteiger partial charge in [-0.15, -0.1) is 0 Å². The number of carbonyl (C=O) groups is 3. The zero-order chi connectivity index (χ0) is 26.0. The summed E-state index contributed by atoms with van der Waals surface area (Å²) < 4.78 is 13.2. The summed E-state index contributed by atoms with van der Waals surface area (Å²) in [5, 5.41) is 2.26. The van der Waals surface area contributed by atoms with Gasteiger partial charge in [-0.25, -0.2) is 9.69 Å². The largest absolute Gasteiger partial charge is 0.493 e. The monoisotopic (exact) mass is 660 g/mol. The van der Waals surface area contributed by atoms with Gasteiger partial charge in [-0.2, -0.15) is 0 Å². The van der Waals surface area contributed by atoms with Crippen LogP contribution in [0, 0.1) is 17.4 Å². The number of urea groups is 1. The molecular formula is C27H22BrIN2O5. The molecule has 36 heavy (non-hydrogen) atoms. The second kappa shape index (κ2) is 10.8. The van der Waals surface area contributed by atoms with Crippen LogP contribution in [-0.4, -0.2) is 25.0 Å². The highest BCUT2D eigenvalue weighted by molar-refractivity contribution is 14.1. The van der Waals surface area contributed by atoms with Gasteiger partial charge in [0.25, 0.3) is 11.8 Å². The fraction of sp³-hybridized carbons (Fsp3) is 0.148. The van der Waals surface area contributed by atoms with Crippen LogP contribution in [0.3, 0.4) is 0 Å². The molecule has 184 valence electrons.